The number of ether oxygens (including phenoxy) is 2. The van der Waals surface area contributed by atoms with Crippen LogP contribution in [-0.2, 0) is 12.8 Å². The highest BCUT2D eigenvalue weighted by Gasteiger charge is 2.15. The summed E-state index contributed by atoms with van der Waals surface area (Å²) in [5.41, 5.74) is 2.12. The highest BCUT2D eigenvalue weighted by atomic mass is 32.2. The maximum atomic E-state index is 5.42. The molecule has 0 unspecified atom stereocenters. The summed E-state index contributed by atoms with van der Waals surface area (Å²) in [5, 5.41) is 4.09. The molecule has 4 rings (SSSR count). The van der Waals surface area contributed by atoms with Crippen LogP contribution >= 0.6 is 23.1 Å². The van der Waals surface area contributed by atoms with E-state index in [1.807, 2.05) is 36.0 Å². The van der Waals surface area contributed by atoms with Gasteiger partial charge in [-0.2, -0.15) is 0 Å². The Balaban J connectivity index is 1.50. The summed E-state index contributed by atoms with van der Waals surface area (Å²) in [6.45, 7) is 0.294. The molecule has 3 heterocycles. The van der Waals surface area contributed by atoms with E-state index < -0.39 is 0 Å². The zero-order valence-electron chi connectivity index (χ0n) is 11.9. The smallest absolute Gasteiger partial charge is 0.231 e. The summed E-state index contributed by atoms with van der Waals surface area (Å²) >= 11 is 3.33. The molecule has 22 heavy (non-hydrogen) atoms. The van der Waals surface area contributed by atoms with Crippen molar-refractivity contribution in [2.45, 2.75) is 10.9 Å². The molecular formula is C15H13N3O2S2. The van der Waals surface area contributed by atoms with E-state index in [1.54, 1.807) is 29.3 Å². The van der Waals surface area contributed by atoms with E-state index in [0.29, 0.717) is 6.79 Å². The normalized spacial score (nSPS) is 12.8. The number of rotatable bonds is 4. The van der Waals surface area contributed by atoms with Crippen molar-refractivity contribution >= 4 is 23.1 Å². The molecule has 0 N–H and O–H groups in total. The van der Waals surface area contributed by atoms with Gasteiger partial charge in [-0.25, -0.2) is 9.97 Å². The molecule has 5 nitrogen and oxygen atoms in total. The van der Waals surface area contributed by atoms with Gasteiger partial charge in [-0.15, -0.1) is 11.3 Å². The number of aromatic nitrogens is 3. The van der Waals surface area contributed by atoms with Crippen LogP contribution in [0.4, 0.5) is 0 Å². The molecule has 0 aliphatic carbocycles. The first-order valence-corrected chi connectivity index (χ1v) is 8.61. The highest BCUT2D eigenvalue weighted by Crippen LogP contribution is 2.37. The fourth-order valence-corrected chi connectivity index (χ4v) is 3.91. The molecule has 3 aromatic rings. The highest BCUT2D eigenvalue weighted by molar-refractivity contribution is 7.98. The van der Waals surface area contributed by atoms with Crippen molar-refractivity contribution in [1.82, 2.24) is 14.5 Å². The quantitative estimate of drug-likeness (QED) is 0.684. The Bertz CT molecular complexity index is 813. The Kier molecular flexibility index (Phi) is 3.51. The van der Waals surface area contributed by atoms with E-state index in [0.717, 1.165) is 38.7 Å². The standard InChI is InChI=1S/C15H13N3O2S2/c1-18-5-4-16-15(18)22-8-11-7-21-14(17-11)10-2-3-12-13(6-10)20-9-19-12/h2-7H,8-9H2,1H3. The molecule has 0 bridgehead atoms. The van der Waals surface area contributed by atoms with Gasteiger partial charge in [-0.05, 0) is 18.2 Å². The van der Waals surface area contributed by atoms with Crippen LogP contribution in [0.3, 0.4) is 0 Å². The Morgan fingerprint density at radius 2 is 2.23 bits per heavy atom. The van der Waals surface area contributed by atoms with Crippen LogP contribution < -0.4 is 9.47 Å². The lowest BCUT2D eigenvalue weighted by atomic mass is 10.2. The Morgan fingerprint density at radius 3 is 3.09 bits per heavy atom. The fraction of sp³-hybridized carbons (Fsp3) is 0.200. The molecule has 7 heteroatoms. The van der Waals surface area contributed by atoms with Gasteiger partial charge in [-0.3, -0.25) is 0 Å². The van der Waals surface area contributed by atoms with Gasteiger partial charge in [0.1, 0.15) is 5.01 Å². The van der Waals surface area contributed by atoms with E-state index >= 15 is 0 Å². The average molecular weight is 331 g/mol. The molecular weight excluding hydrogens is 318 g/mol. The summed E-state index contributed by atoms with van der Waals surface area (Å²) in [6, 6.07) is 5.93. The van der Waals surface area contributed by atoms with Crippen molar-refractivity contribution in [1.29, 1.82) is 0 Å². The van der Waals surface area contributed by atoms with Crippen LogP contribution in [0.2, 0.25) is 0 Å². The van der Waals surface area contributed by atoms with Gasteiger partial charge in [0, 0.05) is 36.1 Å². The molecule has 0 radical (unpaired) electrons. The van der Waals surface area contributed by atoms with Gasteiger partial charge in [0.15, 0.2) is 16.7 Å². The number of benzene rings is 1. The molecule has 0 fully saturated rings. The summed E-state index contributed by atoms with van der Waals surface area (Å²) in [5.74, 6) is 2.40. The van der Waals surface area contributed by atoms with Crippen molar-refractivity contribution in [3.05, 3.63) is 41.7 Å². The van der Waals surface area contributed by atoms with E-state index in [-0.39, 0.29) is 0 Å². The topological polar surface area (TPSA) is 49.2 Å². The molecule has 1 aromatic carbocycles. The number of thioether (sulfide) groups is 1. The van der Waals surface area contributed by atoms with Crippen molar-refractivity contribution in [2.24, 2.45) is 7.05 Å². The second kappa shape index (κ2) is 5.66. The predicted molar refractivity (Wildman–Crippen MR) is 86.4 cm³/mol. The molecule has 0 spiro atoms. The largest absolute Gasteiger partial charge is 0.454 e. The van der Waals surface area contributed by atoms with Crippen LogP contribution in [0.5, 0.6) is 11.5 Å². The first-order chi connectivity index (χ1) is 10.8. The molecule has 0 saturated carbocycles. The maximum Gasteiger partial charge on any atom is 0.231 e. The van der Waals surface area contributed by atoms with Gasteiger partial charge in [0.2, 0.25) is 6.79 Å². The van der Waals surface area contributed by atoms with E-state index in [1.165, 1.54) is 0 Å². The number of aryl methyl sites for hydroxylation is 1. The van der Waals surface area contributed by atoms with Crippen molar-refractivity contribution in [3.8, 4) is 22.1 Å². The second-order valence-corrected chi connectivity index (χ2v) is 6.62. The van der Waals surface area contributed by atoms with Crippen molar-refractivity contribution < 1.29 is 9.47 Å². The van der Waals surface area contributed by atoms with Gasteiger partial charge >= 0.3 is 0 Å². The van der Waals surface area contributed by atoms with Crippen LogP contribution in [-0.4, -0.2) is 21.3 Å². The lowest BCUT2D eigenvalue weighted by Crippen LogP contribution is -1.92. The van der Waals surface area contributed by atoms with E-state index in [4.69, 9.17) is 14.5 Å². The summed E-state index contributed by atoms with van der Waals surface area (Å²) < 4.78 is 12.8. The predicted octanol–water partition coefficient (Wildman–Crippen LogP) is 3.56. The average Bonchev–Trinajstić information content (AvgIpc) is 3.25. The SMILES string of the molecule is Cn1ccnc1SCc1csc(-c2ccc3c(c2)OCO3)n1. The third-order valence-electron chi connectivity index (χ3n) is 3.30. The Labute approximate surface area is 135 Å². The van der Waals surface area contributed by atoms with E-state index in [2.05, 4.69) is 10.4 Å². The molecule has 0 atom stereocenters. The van der Waals surface area contributed by atoms with Crippen LogP contribution in [0.1, 0.15) is 5.69 Å². The van der Waals surface area contributed by atoms with Crippen molar-refractivity contribution in [2.75, 3.05) is 6.79 Å². The number of thiazole rings is 1. The van der Waals surface area contributed by atoms with Gasteiger partial charge in [0.05, 0.1) is 5.69 Å². The van der Waals surface area contributed by atoms with Gasteiger partial charge in [0.25, 0.3) is 0 Å². The lowest BCUT2D eigenvalue weighted by Gasteiger charge is -2.00. The first-order valence-electron chi connectivity index (χ1n) is 6.74. The maximum absolute atomic E-state index is 5.42. The zero-order chi connectivity index (χ0) is 14.9. The molecule has 1 aliphatic rings. The summed E-state index contributed by atoms with van der Waals surface area (Å²) in [4.78, 5) is 9.01. The minimum atomic E-state index is 0.294. The second-order valence-electron chi connectivity index (χ2n) is 4.82. The number of hydrogen-bond acceptors (Lipinski definition) is 6. The molecule has 0 amide bonds. The van der Waals surface area contributed by atoms with Crippen molar-refractivity contribution in [3.63, 3.8) is 0 Å². The van der Waals surface area contributed by atoms with Crippen LogP contribution in [0.15, 0.2) is 41.1 Å². The number of hydrogen-bond donors (Lipinski definition) is 0. The molecule has 1 aliphatic heterocycles. The third-order valence-corrected chi connectivity index (χ3v) is 5.33. The summed E-state index contributed by atoms with van der Waals surface area (Å²) in [6.07, 6.45) is 3.75. The zero-order valence-corrected chi connectivity index (χ0v) is 13.5. The fourth-order valence-electron chi connectivity index (χ4n) is 2.16. The third kappa shape index (κ3) is 2.57. The monoisotopic (exact) mass is 331 g/mol. The number of fused-ring (bicyclic) bond motifs is 1. The van der Waals surface area contributed by atoms with E-state index in [9.17, 15) is 0 Å². The molecule has 112 valence electrons. The number of nitrogens with zero attached hydrogens (tertiary/aromatic N) is 3. The van der Waals surface area contributed by atoms with Gasteiger partial charge in [-0.1, -0.05) is 11.8 Å². The number of imidazole rings is 1. The minimum Gasteiger partial charge on any atom is -0.454 e. The Hall–Kier alpha value is -1.99. The first kappa shape index (κ1) is 13.7. The molecule has 0 saturated heterocycles. The van der Waals surface area contributed by atoms with Gasteiger partial charge < -0.3 is 14.0 Å². The summed E-state index contributed by atoms with van der Waals surface area (Å²) in [7, 11) is 1.99. The minimum absolute atomic E-state index is 0.294. The lowest BCUT2D eigenvalue weighted by molar-refractivity contribution is 0.174. The van der Waals surface area contributed by atoms with Crippen LogP contribution in [0, 0.1) is 0 Å². The molecule has 2 aromatic heterocycles. The Morgan fingerprint density at radius 1 is 1.32 bits per heavy atom. The van der Waals surface area contributed by atoms with Crippen LogP contribution in [0.25, 0.3) is 10.6 Å².